The largest absolute Gasteiger partial charge is 0.462 e. The van der Waals surface area contributed by atoms with Crippen LogP contribution in [-0.2, 0) is 4.74 Å². The van der Waals surface area contributed by atoms with Gasteiger partial charge in [-0.05, 0) is 38.2 Å². The van der Waals surface area contributed by atoms with Crippen LogP contribution in [0.3, 0.4) is 0 Å². The van der Waals surface area contributed by atoms with Gasteiger partial charge in [0, 0.05) is 6.04 Å². The molecule has 2 atom stereocenters. The molecule has 0 amide bonds. The number of hydrogen-bond donors (Lipinski definition) is 2. The summed E-state index contributed by atoms with van der Waals surface area (Å²) in [5, 5.41) is 3.41. The average molecular weight is 291 g/mol. The van der Waals surface area contributed by atoms with E-state index < -0.39 is 0 Å². The third kappa shape index (κ3) is 4.34. The molecule has 5 heteroatoms. The average Bonchev–Trinajstić information content (AvgIpc) is 2.66. The molecule has 3 N–H and O–H groups in total. The second kappa shape index (κ2) is 7.29. The van der Waals surface area contributed by atoms with Crippen LogP contribution in [0, 0.1) is 5.92 Å². The summed E-state index contributed by atoms with van der Waals surface area (Å²) >= 11 is 0. The number of pyridine rings is 1. The molecular formula is C16H25N3O2. The van der Waals surface area contributed by atoms with Gasteiger partial charge in [-0.2, -0.15) is 0 Å². The summed E-state index contributed by atoms with van der Waals surface area (Å²) in [6, 6.07) is 1.99. The molecule has 0 aromatic carbocycles. The van der Waals surface area contributed by atoms with E-state index in [1.807, 2.05) is 0 Å². The van der Waals surface area contributed by atoms with Crippen LogP contribution < -0.4 is 11.1 Å². The van der Waals surface area contributed by atoms with Crippen molar-refractivity contribution < 1.29 is 9.53 Å². The lowest BCUT2D eigenvalue weighted by Gasteiger charge is -2.19. The molecule has 0 radical (unpaired) electrons. The van der Waals surface area contributed by atoms with Gasteiger partial charge in [0.25, 0.3) is 0 Å². The lowest BCUT2D eigenvalue weighted by molar-refractivity contribution is 0.0527. The zero-order valence-corrected chi connectivity index (χ0v) is 12.9. The first kappa shape index (κ1) is 15.6. The van der Waals surface area contributed by atoms with E-state index in [9.17, 15) is 4.79 Å². The minimum absolute atomic E-state index is 0.341. The van der Waals surface area contributed by atoms with Crippen LogP contribution in [-0.4, -0.2) is 23.6 Å². The van der Waals surface area contributed by atoms with Crippen LogP contribution in [0.15, 0.2) is 12.3 Å². The molecule has 2 unspecified atom stereocenters. The number of carbonyl (C=O) groups excluding carboxylic acids is 1. The molecule has 21 heavy (non-hydrogen) atoms. The minimum Gasteiger partial charge on any atom is -0.462 e. The van der Waals surface area contributed by atoms with E-state index >= 15 is 0 Å². The van der Waals surface area contributed by atoms with E-state index in [-0.39, 0.29) is 5.97 Å². The first-order valence-corrected chi connectivity index (χ1v) is 7.79. The van der Waals surface area contributed by atoms with Gasteiger partial charge in [-0.1, -0.05) is 19.8 Å². The SMILES string of the molecule is CCOC(=O)c1cc(N)cnc1NC1CCCC(C)CC1. The molecule has 1 aliphatic rings. The molecule has 1 fully saturated rings. The van der Waals surface area contributed by atoms with Crippen molar-refractivity contribution in [1.82, 2.24) is 4.98 Å². The van der Waals surface area contributed by atoms with Gasteiger partial charge in [0.1, 0.15) is 11.4 Å². The Bertz CT molecular complexity index is 490. The fourth-order valence-corrected chi connectivity index (χ4v) is 2.79. The summed E-state index contributed by atoms with van der Waals surface area (Å²) in [4.78, 5) is 16.3. The van der Waals surface area contributed by atoms with Crippen molar-refractivity contribution in [2.24, 2.45) is 5.92 Å². The molecule has 2 rings (SSSR count). The van der Waals surface area contributed by atoms with Crippen LogP contribution in [0.4, 0.5) is 11.5 Å². The molecule has 1 aliphatic carbocycles. The van der Waals surface area contributed by atoms with Crippen LogP contribution in [0.5, 0.6) is 0 Å². The number of nitrogens with two attached hydrogens (primary N) is 1. The van der Waals surface area contributed by atoms with Crippen LogP contribution >= 0.6 is 0 Å². The molecule has 0 spiro atoms. The Balaban J connectivity index is 2.13. The molecule has 0 saturated heterocycles. The van der Waals surface area contributed by atoms with Crippen molar-refractivity contribution in [2.45, 2.75) is 52.0 Å². The van der Waals surface area contributed by atoms with Gasteiger partial charge in [0.15, 0.2) is 0 Å². The highest BCUT2D eigenvalue weighted by molar-refractivity contribution is 5.95. The second-order valence-electron chi connectivity index (χ2n) is 5.84. The van der Waals surface area contributed by atoms with Gasteiger partial charge in [-0.3, -0.25) is 0 Å². The summed E-state index contributed by atoms with van der Waals surface area (Å²) in [7, 11) is 0. The topological polar surface area (TPSA) is 77.2 Å². The summed E-state index contributed by atoms with van der Waals surface area (Å²) < 4.78 is 5.08. The predicted molar refractivity (Wildman–Crippen MR) is 84.3 cm³/mol. The van der Waals surface area contributed by atoms with Crippen molar-refractivity contribution >= 4 is 17.5 Å². The number of carbonyl (C=O) groups is 1. The van der Waals surface area contributed by atoms with E-state index in [0.717, 1.165) is 18.8 Å². The van der Waals surface area contributed by atoms with Crippen molar-refractivity contribution in [3.05, 3.63) is 17.8 Å². The molecule has 5 nitrogen and oxygen atoms in total. The number of anilines is 2. The molecule has 1 aromatic heterocycles. The Morgan fingerprint density at radius 1 is 1.43 bits per heavy atom. The maximum atomic E-state index is 12.0. The number of hydrogen-bond acceptors (Lipinski definition) is 5. The Hall–Kier alpha value is -1.78. The zero-order chi connectivity index (χ0) is 15.2. The number of ether oxygens (including phenoxy) is 1. The van der Waals surface area contributed by atoms with Crippen molar-refractivity contribution in [3.8, 4) is 0 Å². The quantitative estimate of drug-likeness (QED) is 0.658. The number of rotatable bonds is 4. The highest BCUT2D eigenvalue weighted by atomic mass is 16.5. The maximum Gasteiger partial charge on any atom is 0.341 e. The second-order valence-corrected chi connectivity index (χ2v) is 5.84. The van der Waals surface area contributed by atoms with E-state index in [1.165, 1.54) is 19.3 Å². The molecule has 1 saturated carbocycles. The van der Waals surface area contributed by atoms with E-state index in [0.29, 0.717) is 29.7 Å². The lowest BCUT2D eigenvalue weighted by Crippen LogP contribution is -2.22. The van der Waals surface area contributed by atoms with E-state index in [1.54, 1.807) is 19.2 Å². The predicted octanol–water partition coefficient (Wildman–Crippen LogP) is 3.22. The van der Waals surface area contributed by atoms with Gasteiger partial charge in [0.05, 0.1) is 18.5 Å². The number of nitrogens with zero attached hydrogens (tertiary/aromatic N) is 1. The minimum atomic E-state index is -0.373. The standard InChI is InChI=1S/C16H25N3O2/c1-3-21-16(20)14-9-12(17)10-18-15(14)19-13-6-4-5-11(2)7-8-13/h9-11,13H,3-8,17H2,1-2H3,(H,18,19). The molecule has 1 aromatic rings. The lowest BCUT2D eigenvalue weighted by atomic mass is 10.0. The van der Waals surface area contributed by atoms with Gasteiger partial charge in [0.2, 0.25) is 0 Å². The van der Waals surface area contributed by atoms with Crippen molar-refractivity contribution in [1.29, 1.82) is 0 Å². The van der Waals surface area contributed by atoms with Gasteiger partial charge in [-0.15, -0.1) is 0 Å². The molecule has 1 heterocycles. The number of nitrogens with one attached hydrogen (secondary N) is 1. The van der Waals surface area contributed by atoms with Crippen molar-refractivity contribution in [3.63, 3.8) is 0 Å². The fourth-order valence-electron chi connectivity index (χ4n) is 2.79. The molecule has 0 aliphatic heterocycles. The third-order valence-corrected chi connectivity index (χ3v) is 4.00. The Morgan fingerprint density at radius 2 is 2.24 bits per heavy atom. The Kier molecular flexibility index (Phi) is 5.42. The number of esters is 1. The number of aromatic nitrogens is 1. The van der Waals surface area contributed by atoms with Crippen LogP contribution in [0.2, 0.25) is 0 Å². The molecular weight excluding hydrogens is 266 g/mol. The van der Waals surface area contributed by atoms with Gasteiger partial charge >= 0.3 is 5.97 Å². The van der Waals surface area contributed by atoms with Crippen LogP contribution in [0.1, 0.15) is 56.3 Å². The number of nitrogen functional groups attached to an aromatic ring is 1. The normalized spacial score (nSPS) is 22.4. The van der Waals surface area contributed by atoms with E-state index in [4.69, 9.17) is 10.5 Å². The Labute approximate surface area is 126 Å². The first-order chi connectivity index (χ1) is 10.1. The molecule has 0 bridgehead atoms. The monoisotopic (exact) mass is 291 g/mol. The maximum absolute atomic E-state index is 12.0. The van der Waals surface area contributed by atoms with Crippen LogP contribution in [0.25, 0.3) is 0 Å². The smallest absolute Gasteiger partial charge is 0.341 e. The van der Waals surface area contributed by atoms with Gasteiger partial charge < -0.3 is 15.8 Å². The third-order valence-electron chi connectivity index (χ3n) is 4.00. The molecule has 116 valence electrons. The Morgan fingerprint density at radius 3 is 3.00 bits per heavy atom. The fraction of sp³-hybridized carbons (Fsp3) is 0.625. The zero-order valence-electron chi connectivity index (χ0n) is 12.9. The van der Waals surface area contributed by atoms with E-state index in [2.05, 4.69) is 17.2 Å². The summed E-state index contributed by atoms with van der Waals surface area (Å²) in [6.07, 6.45) is 7.49. The van der Waals surface area contributed by atoms with Gasteiger partial charge in [-0.25, -0.2) is 9.78 Å². The first-order valence-electron chi connectivity index (χ1n) is 7.79. The highest BCUT2D eigenvalue weighted by Crippen LogP contribution is 2.26. The van der Waals surface area contributed by atoms with Crippen molar-refractivity contribution in [2.75, 3.05) is 17.7 Å². The summed E-state index contributed by atoms with van der Waals surface area (Å²) in [5.74, 6) is 0.990. The highest BCUT2D eigenvalue weighted by Gasteiger charge is 2.20. The summed E-state index contributed by atoms with van der Waals surface area (Å²) in [5.41, 5.74) is 6.64. The summed E-state index contributed by atoms with van der Waals surface area (Å²) in [6.45, 7) is 4.43.